The number of hydrogen-bond donors (Lipinski definition) is 2. The molecule has 0 aliphatic carbocycles. The molecule has 1 aromatic heterocycles. The molecule has 11 nitrogen and oxygen atoms in total. The van der Waals surface area contributed by atoms with Gasteiger partial charge in [-0.25, -0.2) is 14.8 Å². The number of ether oxygens (including phenoxy) is 3. The largest absolute Gasteiger partial charge is 0.510 e. The summed E-state index contributed by atoms with van der Waals surface area (Å²) < 4.78 is 31.4. The zero-order chi connectivity index (χ0) is 20.7. The van der Waals surface area contributed by atoms with E-state index in [4.69, 9.17) is 14.0 Å². The molecule has 156 valence electrons. The van der Waals surface area contributed by atoms with E-state index < -0.39 is 26.9 Å². The lowest BCUT2D eigenvalue weighted by molar-refractivity contribution is -0.0151. The van der Waals surface area contributed by atoms with Crippen molar-refractivity contribution in [1.29, 1.82) is 0 Å². The molecule has 3 atom stereocenters. The molecular weight excluding hydrogens is 391 g/mol. The molecule has 0 saturated heterocycles. The molecule has 0 spiro atoms. The van der Waals surface area contributed by atoms with E-state index in [9.17, 15) is 14.3 Å². The Labute approximate surface area is 163 Å². The molecule has 0 aromatic carbocycles. The Bertz CT molecular complexity index is 759. The highest BCUT2D eigenvalue weighted by atomic mass is 31.2. The summed E-state index contributed by atoms with van der Waals surface area (Å²) in [7, 11) is -2.33. The molecule has 0 radical (unpaired) electrons. The maximum atomic E-state index is 12.0. The molecule has 1 aliphatic heterocycles. The van der Waals surface area contributed by atoms with E-state index in [1.165, 1.54) is 6.33 Å². The summed E-state index contributed by atoms with van der Waals surface area (Å²) in [5.74, 6) is 0.551. The Hall–Kier alpha value is -2.07. The van der Waals surface area contributed by atoms with Crippen LogP contribution < -0.4 is 5.32 Å². The van der Waals surface area contributed by atoms with E-state index in [2.05, 4.69) is 25.0 Å². The average molecular weight is 416 g/mol. The number of aliphatic imine (C=N–C) groups is 1. The number of nitrogens with zero attached hydrogens (tertiary/aromatic N) is 3. The predicted octanol–water partition coefficient (Wildman–Crippen LogP) is 2.79. The van der Waals surface area contributed by atoms with Crippen LogP contribution in [0.3, 0.4) is 0 Å². The molecule has 12 heteroatoms. The number of aromatic nitrogens is 2. The van der Waals surface area contributed by atoms with Gasteiger partial charge in [-0.15, -0.1) is 0 Å². The fourth-order valence-corrected chi connectivity index (χ4v) is 3.18. The fraction of sp³-hybridized carbons (Fsp3) is 0.625. The molecule has 28 heavy (non-hydrogen) atoms. The van der Waals surface area contributed by atoms with Crippen molar-refractivity contribution in [1.82, 2.24) is 9.97 Å². The van der Waals surface area contributed by atoms with Gasteiger partial charge in [0, 0.05) is 19.2 Å². The quantitative estimate of drug-likeness (QED) is 0.332. The minimum absolute atomic E-state index is 0.0896. The summed E-state index contributed by atoms with van der Waals surface area (Å²) in [6.07, 6.45) is 1.46. The minimum atomic E-state index is -4.08. The third-order valence-corrected chi connectivity index (χ3v) is 4.68. The van der Waals surface area contributed by atoms with Crippen molar-refractivity contribution < 1.29 is 33.0 Å². The van der Waals surface area contributed by atoms with Crippen LogP contribution in [0.15, 0.2) is 11.3 Å². The summed E-state index contributed by atoms with van der Waals surface area (Å²) in [6.45, 7) is 4.35. The number of carbonyl (C=O) groups excluding carboxylic acids is 1. The Balaban J connectivity index is 1.77. The van der Waals surface area contributed by atoms with Gasteiger partial charge >= 0.3 is 13.8 Å². The van der Waals surface area contributed by atoms with Crippen molar-refractivity contribution in [3.63, 3.8) is 0 Å². The Morgan fingerprint density at radius 3 is 2.79 bits per heavy atom. The van der Waals surface area contributed by atoms with Gasteiger partial charge in [0.15, 0.2) is 5.82 Å². The highest BCUT2D eigenvalue weighted by molar-refractivity contribution is 7.52. The normalized spacial score (nSPS) is 18.4. The van der Waals surface area contributed by atoms with Gasteiger partial charge in [0.1, 0.15) is 18.4 Å². The Morgan fingerprint density at radius 1 is 1.36 bits per heavy atom. The van der Waals surface area contributed by atoms with Crippen LogP contribution in [0.5, 0.6) is 0 Å². The SMILES string of the molecule is CNc1ncnc2c1N=CC2C[C@@H](C)OCP(=O)(O)OCOC(=O)OC(C)C. The molecule has 0 saturated carbocycles. The number of fused-ring (bicyclic) bond motifs is 1. The van der Waals surface area contributed by atoms with Gasteiger partial charge in [0.05, 0.1) is 17.9 Å². The van der Waals surface area contributed by atoms with Gasteiger partial charge in [-0.05, 0) is 27.2 Å². The highest BCUT2D eigenvalue weighted by Gasteiger charge is 2.27. The lowest BCUT2D eigenvalue weighted by atomic mass is 10.0. The van der Waals surface area contributed by atoms with Crippen LogP contribution in [0.25, 0.3) is 0 Å². The van der Waals surface area contributed by atoms with Gasteiger partial charge in [-0.2, -0.15) is 0 Å². The van der Waals surface area contributed by atoms with Gasteiger partial charge in [0.25, 0.3) is 0 Å². The van der Waals surface area contributed by atoms with Crippen molar-refractivity contribution >= 4 is 31.5 Å². The Morgan fingerprint density at radius 2 is 2.11 bits per heavy atom. The van der Waals surface area contributed by atoms with Gasteiger partial charge in [0.2, 0.25) is 6.79 Å². The molecule has 2 rings (SSSR count). The molecule has 2 unspecified atom stereocenters. The number of hydrogen-bond acceptors (Lipinski definition) is 10. The average Bonchev–Trinajstić information content (AvgIpc) is 3.02. The zero-order valence-electron chi connectivity index (χ0n) is 16.2. The molecule has 2 heterocycles. The molecule has 0 amide bonds. The van der Waals surface area contributed by atoms with Crippen molar-refractivity contribution in [3.05, 3.63) is 12.0 Å². The van der Waals surface area contributed by atoms with Crippen LogP contribution in [0, 0.1) is 0 Å². The molecule has 0 fully saturated rings. The van der Waals surface area contributed by atoms with E-state index >= 15 is 0 Å². The van der Waals surface area contributed by atoms with Gasteiger partial charge in [-0.1, -0.05) is 0 Å². The van der Waals surface area contributed by atoms with E-state index in [0.29, 0.717) is 17.9 Å². The summed E-state index contributed by atoms with van der Waals surface area (Å²) >= 11 is 0. The first kappa shape index (κ1) is 22.2. The summed E-state index contributed by atoms with van der Waals surface area (Å²) in [6, 6.07) is 0. The summed E-state index contributed by atoms with van der Waals surface area (Å²) in [5.41, 5.74) is 1.46. The fourth-order valence-electron chi connectivity index (χ4n) is 2.45. The maximum Gasteiger partial charge on any atom is 0.510 e. The second kappa shape index (κ2) is 9.92. The highest BCUT2D eigenvalue weighted by Crippen LogP contribution is 2.43. The van der Waals surface area contributed by atoms with Crippen LogP contribution in [0.2, 0.25) is 0 Å². The summed E-state index contributed by atoms with van der Waals surface area (Å²) in [5, 5.41) is 2.96. The Kier molecular flexibility index (Phi) is 7.88. The second-order valence-electron chi connectivity index (χ2n) is 6.38. The topological polar surface area (TPSA) is 141 Å². The first-order valence-corrected chi connectivity index (χ1v) is 10.5. The number of rotatable bonds is 10. The lowest BCUT2D eigenvalue weighted by Gasteiger charge is -2.18. The van der Waals surface area contributed by atoms with Gasteiger partial charge in [-0.3, -0.25) is 14.1 Å². The number of carbonyl (C=O) groups is 1. The van der Waals surface area contributed by atoms with Crippen molar-refractivity contribution in [2.45, 2.75) is 45.3 Å². The van der Waals surface area contributed by atoms with Crippen molar-refractivity contribution in [2.75, 3.05) is 25.5 Å². The third-order valence-electron chi connectivity index (χ3n) is 3.69. The third kappa shape index (κ3) is 6.52. The van der Waals surface area contributed by atoms with Crippen LogP contribution in [-0.4, -0.2) is 59.6 Å². The van der Waals surface area contributed by atoms with E-state index in [1.54, 1.807) is 34.0 Å². The van der Waals surface area contributed by atoms with Crippen LogP contribution in [-0.2, 0) is 23.3 Å². The monoisotopic (exact) mass is 416 g/mol. The second-order valence-corrected chi connectivity index (χ2v) is 8.17. The van der Waals surface area contributed by atoms with Crippen LogP contribution >= 0.6 is 7.60 Å². The maximum absolute atomic E-state index is 12.0. The van der Waals surface area contributed by atoms with Gasteiger partial charge < -0.3 is 24.4 Å². The molecule has 0 bridgehead atoms. The summed E-state index contributed by atoms with van der Waals surface area (Å²) in [4.78, 5) is 33.7. The van der Waals surface area contributed by atoms with Crippen molar-refractivity contribution in [2.24, 2.45) is 4.99 Å². The van der Waals surface area contributed by atoms with Crippen LogP contribution in [0.1, 0.15) is 38.8 Å². The molecule has 2 N–H and O–H groups in total. The molecular formula is C16H25N4O7P. The van der Waals surface area contributed by atoms with Crippen LogP contribution in [0.4, 0.5) is 16.3 Å². The standard InChI is InChI=1S/C16H25N4O7P/c1-10(2)27-16(21)24-8-26-28(22,23)9-25-11(3)5-12-6-18-14-13(12)19-7-20-15(14)17-4/h6-7,10-12H,5,8-9H2,1-4H3,(H,22,23)(H,17,19,20)/t11-,12?/m1/s1. The van der Waals surface area contributed by atoms with E-state index in [1.807, 2.05) is 0 Å². The predicted molar refractivity (Wildman–Crippen MR) is 101 cm³/mol. The number of anilines is 1. The number of nitrogens with one attached hydrogen (secondary N) is 1. The minimum Gasteiger partial charge on any atom is -0.432 e. The van der Waals surface area contributed by atoms with E-state index in [-0.39, 0.29) is 18.1 Å². The molecule has 1 aliphatic rings. The zero-order valence-corrected chi connectivity index (χ0v) is 17.1. The first-order chi connectivity index (χ1) is 13.2. The smallest absolute Gasteiger partial charge is 0.432 e. The van der Waals surface area contributed by atoms with E-state index in [0.717, 1.165) is 5.69 Å². The first-order valence-electron chi connectivity index (χ1n) is 8.70. The van der Waals surface area contributed by atoms with Crippen molar-refractivity contribution in [3.8, 4) is 0 Å². The lowest BCUT2D eigenvalue weighted by Crippen LogP contribution is -2.17. The molecule has 1 aromatic rings.